The standard InChI is InChI=1S/C34H39N3O4/c1-4-35-34(39)36-30-17-15-27(16-18-30)33-40-31(20-32(41-33)26-11-9-24(22-38)10-12-26)21-37(3)23(2)28-14-13-25-7-5-6-8-29(25)19-28/h5-19,23,31-33,38H,4,20-22H2,1-3H3,(H2,35,36,39)/t23-,31-,32+,33+/m1/s1. The summed E-state index contributed by atoms with van der Waals surface area (Å²) < 4.78 is 13.0. The zero-order valence-electron chi connectivity index (χ0n) is 23.9. The van der Waals surface area contributed by atoms with Crippen molar-refractivity contribution in [3.8, 4) is 0 Å². The maximum Gasteiger partial charge on any atom is 0.319 e. The predicted octanol–water partition coefficient (Wildman–Crippen LogP) is 6.71. The highest BCUT2D eigenvalue weighted by atomic mass is 16.7. The second-order valence-corrected chi connectivity index (χ2v) is 10.7. The van der Waals surface area contributed by atoms with E-state index in [4.69, 9.17) is 9.47 Å². The average molecular weight is 554 g/mol. The molecule has 4 atom stereocenters. The smallest absolute Gasteiger partial charge is 0.319 e. The van der Waals surface area contributed by atoms with Gasteiger partial charge in [-0.15, -0.1) is 0 Å². The van der Waals surface area contributed by atoms with E-state index in [1.807, 2.05) is 55.5 Å². The van der Waals surface area contributed by atoms with Gasteiger partial charge in [0, 0.05) is 36.8 Å². The van der Waals surface area contributed by atoms with Gasteiger partial charge in [0.25, 0.3) is 0 Å². The van der Waals surface area contributed by atoms with Crippen molar-refractivity contribution in [2.75, 3.05) is 25.5 Å². The first kappa shape index (κ1) is 28.8. The summed E-state index contributed by atoms with van der Waals surface area (Å²) in [6.45, 7) is 5.41. The van der Waals surface area contributed by atoms with E-state index in [1.54, 1.807) is 0 Å². The van der Waals surface area contributed by atoms with Crippen LogP contribution in [0.15, 0.2) is 91.0 Å². The summed E-state index contributed by atoms with van der Waals surface area (Å²) >= 11 is 0. The molecule has 1 aliphatic heterocycles. The Bertz CT molecular complexity index is 1440. The lowest BCUT2D eigenvalue weighted by molar-refractivity contribution is -0.253. The monoisotopic (exact) mass is 553 g/mol. The molecule has 1 saturated heterocycles. The Morgan fingerprint density at radius 1 is 0.951 bits per heavy atom. The van der Waals surface area contributed by atoms with E-state index >= 15 is 0 Å². The molecule has 1 heterocycles. The van der Waals surface area contributed by atoms with E-state index in [1.165, 1.54) is 16.3 Å². The summed E-state index contributed by atoms with van der Waals surface area (Å²) in [4.78, 5) is 14.3. The zero-order chi connectivity index (χ0) is 28.8. The normalized spacial score (nSPS) is 19.7. The molecule has 41 heavy (non-hydrogen) atoms. The lowest BCUT2D eigenvalue weighted by Crippen LogP contribution is -2.38. The Labute approximate surface area is 242 Å². The number of anilines is 1. The summed E-state index contributed by atoms with van der Waals surface area (Å²) in [7, 11) is 2.14. The number of rotatable bonds is 9. The molecule has 1 aliphatic rings. The molecule has 4 aromatic carbocycles. The van der Waals surface area contributed by atoms with Gasteiger partial charge in [-0.2, -0.15) is 0 Å². The first-order chi connectivity index (χ1) is 19.9. The van der Waals surface area contributed by atoms with Gasteiger partial charge >= 0.3 is 6.03 Å². The van der Waals surface area contributed by atoms with Crippen LogP contribution >= 0.6 is 0 Å². The SMILES string of the molecule is CCNC(=O)Nc1ccc([C@H]2O[C@@H](CN(C)[C@H](C)c3ccc4ccccc4c3)C[C@@H](c3ccc(CO)cc3)O2)cc1. The highest BCUT2D eigenvalue weighted by Crippen LogP contribution is 2.39. The first-order valence-corrected chi connectivity index (χ1v) is 14.3. The molecular weight excluding hydrogens is 514 g/mol. The van der Waals surface area contributed by atoms with Gasteiger partial charge < -0.3 is 25.2 Å². The van der Waals surface area contributed by atoms with Crippen LogP contribution in [0.1, 0.15) is 61.0 Å². The van der Waals surface area contributed by atoms with Gasteiger partial charge in [0.15, 0.2) is 6.29 Å². The molecule has 0 aromatic heterocycles. The molecule has 0 spiro atoms. The van der Waals surface area contributed by atoms with Crippen LogP contribution in [0, 0.1) is 0 Å². The minimum Gasteiger partial charge on any atom is -0.392 e. The average Bonchev–Trinajstić information content (AvgIpc) is 3.00. The molecule has 214 valence electrons. The Balaban J connectivity index is 1.33. The van der Waals surface area contributed by atoms with E-state index in [2.05, 4.69) is 72.0 Å². The molecule has 7 nitrogen and oxygen atoms in total. The van der Waals surface area contributed by atoms with Crippen LogP contribution in [0.25, 0.3) is 10.8 Å². The first-order valence-electron chi connectivity index (χ1n) is 14.3. The van der Waals surface area contributed by atoms with Crippen LogP contribution in [-0.2, 0) is 16.1 Å². The van der Waals surface area contributed by atoms with E-state index in [0.29, 0.717) is 18.7 Å². The van der Waals surface area contributed by atoms with Crippen molar-refractivity contribution in [1.29, 1.82) is 0 Å². The van der Waals surface area contributed by atoms with E-state index in [0.717, 1.165) is 23.2 Å². The van der Waals surface area contributed by atoms with Crippen molar-refractivity contribution in [3.63, 3.8) is 0 Å². The van der Waals surface area contributed by atoms with Gasteiger partial charge in [-0.3, -0.25) is 4.90 Å². The fraction of sp³-hybridized carbons (Fsp3) is 0.324. The minimum absolute atomic E-state index is 0.00822. The summed E-state index contributed by atoms with van der Waals surface area (Å²) in [5, 5.41) is 17.5. The Kier molecular flexibility index (Phi) is 9.31. The molecule has 3 N–H and O–H groups in total. The van der Waals surface area contributed by atoms with Crippen LogP contribution in [0.4, 0.5) is 10.5 Å². The van der Waals surface area contributed by atoms with Crippen LogP contribution in [-0.4, -0.2) is 42.3 Å². The number of fused-ring (bicyclic) bond motifs is 1. The molecule has 2 amide bonds. The maximum atomic E-state index is 11.9. The van der Waals surface area contributed by atoms with Crippen molar-refractivity contribution in [2.24, 2.45) is 0 Å². The fourth-order valence-electron chi connectivity index (χ4n) is 5.29. The molecule has 0 radical (unpaired) electrons. The number of hydrogen-bond donors (Lipinski definition) is 3. The number of likely N-dealkylation sites (N-methyl/N-ethyl adjacent to an activating group) is 1. The number of aliphatic hydroxyl groups is 1. The number of hydrogen-bond acceptors (Lipinski definition) is 5. The van der Waals surface area contributed by atoms with Gasteiger partial charge in [-0.05, 0) is 66.6 Å². The van der Waals surface area contributed by atoms with Crippen LogP contribution < -0.4 is 10.6 Å². The molecule has 4 aromatic rings. The summed E-state index contributed by atoms with van der Waals surface area (Å²) in [6, 6.07) is 30.6. The molecule has 0 unspecified atom stereocenters. The summed E-state index contributed by atoms with van der Waals surface area (Å²) in [6.07, 6.45) is -0.0823. The maximum absolute atomic E-state index is 11.9. The lowest BCUT2D eigenvalue weighted by Gasteiger charge is -2.39. The van der Waals surface area contributed by atoms with Gasteiger partial charge in [0.1, 0.15) is 0 Å². The van der Waals surface area contributed by atoms with Gasteiger partial charge in [-0.25, -0.2) is 4.79 Å². The number of carbonyl (C=O) groups is 1. The van der Waals surface area contributed by atoms with Crippen LogP contribution in [0.5, 0.6) is 0 Å². The largest absolute Gasteiger partial charge is 0.392 e. The number of carbonyl (C=O) groups excluding carboxylic acids is 1. The number of ether oxygens (including phenoxy) is 2. The van der Waals surface area contributed by atoms with Crippen molar-refractivity contribution in [2.45, 2.75) is 51.4 Å². The molecule has 0 saturated carbocycles. The third kappa shape index (κ3) is 7.13. The zero-order valence-corrected chi connectivity index (χ0v) is 23.9. The van der Waals surface area contributed by atoms with Crippen molar-refractivity contribution < 1.29 is 19.4 Å². The van der Waals surface area contributed by atoms with Crippen molar-refractivity contribution in [3.05, 3.63) is 113 Å². The van der Waals surface area contributed by atoms with Gasteiger partial charge in [0.05, 0.1) is 18.8 Å². The molecule has 5 rings (SSSR count). The van der Waals surface area contributed by atoms with Crippen LogP contribution in [0.2, 0.25) is 0 Å². The van der Waals surface area contributed by atoms with Gasteiger partial charge in [-0.1, -0.05) is 72.8 Å². The Morgan fingerprint density at radius 2 is 1.66 bits per heavy atom. The van der Waals surface area contributed by atoms with E-state index < -0.39 is 6.29 Å². The van der Waals surface area contributed by atoms with E-state index in [-0.39, 0.29) is 30.9 Å². The number of amides is 2. The second kappa shape index (κ2) is 13.3. The number of nitrogens with zero attached hydrogens (tertiary/aromatic N) is 1. The molecule has 1 fully saturated rings. The second-order valence-electron chi connectivity index (χ2n) is 10.7. The van der Waals surface area contributed by atoms with E-state index in [9.17, 15) is 9.90 Å². The van der Waals surface area contributed by atoms with Crippen molar-refractivity contribution >= 4 is 22.5 Å². The third-order valence-electron chi connectivity index (χ3n) is 7.80. The Morgan fingerprint density at radius 3 is 2.37 bits per heavy atom. The lowest BCUT2D eigenvalue weighted by atomic mass is 9.98. The van der Waals surface area contributed by atoms with Crippen LogP contribution in [0.3, 0.4) is 0 Å². The molecular formula is C34H39N3O4. The number of benzene rings is 4. The topological polar surface area (TPSA) is 83.1 Å². The highest BCUT2D eigenvalue weighted by Gasteiger charge is 2.33. The summed E-state index contributed by atoms with van der Waals surface area (Å²) in [5.74, 6) is 0. The highest BCUT2D eigenvalue weighted by molar-refractivity contribution is 5.89. The molecule has 0 aliphatic carbocycles. The predicted molar refractivity (Wildman–Crippen MR) is 163 cm³/mol. The Hall–Kier alpha value is -3.75. The molecule has 0 bridgehead atoms. The third-order valence-corrected chi connectivity index (χ3v) is 7.80. The number of aliphatic hydroxyl groups excluding tert-OH is 1. The number of nitrogens with one attached hydrogen (secondary N) is 2. The molecule has 7 heteroatoms. The number of urea groups is 1. The minimum atomic E-state index is -0.556. The quantitative estimate of drug-likeness (QED) is 0.215. The van der Waals surface area contributed by atoms with Gasteiger partial charge in [0.2, 0.25) is 0 Å². The summed E-state index contributed by atoms with van der Waals surface area (Å²) in [5.41, 5.74) is 4.78. The fourth-order valence-corrected chi connectivity index (χ4v) is 5.29. The van der Waals surface area contributed by atoms with Crippen molar-refractivity contribution in [1.82, 2.24) is 10.2 Å².